The van der Waals surface area contributed by atoms with Crippen molar-refractivity contribution in [1.29, 1.82) is 0 Å². The van der Waals surface area contributed by atoms with Crippen molar-refractivity contribution in [3.63, 3.8) is 0 Å². The van der Waals surface area contributed by atoms with E-state index >= 15 is 0 Å². The van der Waals surface area contributed by atoms with Crippen LogP contribution in [-0.2, 0) is 10.2 Å². The molecule has 0 saturated heterocycles. The average molecular weight is 320 g/mol. The molecule has 1 rings (SSSR count). The van der Waals surface area contributed by atoms with Crippen molar-refractivity contribution in [3.05, 3.63) is 0 Å². The van der Waals surface area contributed by atoms with E-state index in [0.717, 1.165) is 32.1 Å². The van der Waals surface area contributed by atoms with Crippen molar-refractivity contribution in [3.8, 4) is 0 Å². The maximum absolute atomic E-state index is 12.5. The van der Waals surface area contributed by atoms with Crippen LogP contribution in [0.5, 0.6) is 0 Å². The smallest absolute Gasteiger partial charge is 0.280 e. The van der Waals surface area contributed by atoms with Crippen LogP contribution in [0, 0.1) is 0 Å². The van der Waals surface area contributed by atoms with Crippen molar-refractivity contribution < 1.29 is 13.6 Å². The Kier molecular flexibility index (Phi) is 6.42. The van der Waals surface area contributed by atoms with Crippen molar-refractivity contribution in [1.82, 2.24) is 9.03 Å². The van der Waals surface area contributed by atoms with Crippen LogP contribution in [0.1, 0.15) is 58.8 Å². The molecule has 1 saturated carbocycles. The summed E-state index contributed by atoms with van der Waals surface area (Å²) in [6.45, 7) is 3.60. The normalized spacial score (nSPS) is 21.3. The Labute approximate surface area is 127 Å². The molecule has 1 aliphatic rings. The van der Waals surface area contributed by atoms with Crippen molar-refractivity contribution in [2.24, 2.45) is 10.9 Å². The lowest BCUT2D eigenvalue weighted by Crippen LogP contribution is -2.60. The first-order chi connectivity index (χ1) is 9.75. The zero-order chi connectivity index (χ0) is 16.1. The fourth-order valence-electron chi connectivity index (χ4n) is 2.61. The van der Waals surface area contributed by atoms with Gasteiger partial charge in [0.2, 0.25) is 0 Å². The van der Waals surface area contributed by atoms with E-state index < -0.39 is 15.7 Å². The molecule has 21 heavy (non-hydrogen) atoms. The summed E-state index contributed by atoms with van der Waals surface area (Å²) < 4.78 is 28.9. The standard InChI is InChI=1S/C13H28N4O3S/c1-11(2)17(3)21(19,20)16-13(12(14)15-18)9-7-5-4-6-8-10-13/h11,16,18H,4-10H2,1-3H3,(H2,14,15). The summed E-state index contributed by atoms with van der Waals surface area (Å²) >= 11 is 0. The van der Waals surface area contributed by atoms with Gasteiger partial charge in [-0.1, -0.05) is 37.3 Å². The highest BCUT2D eigenvalue weighted by Gasteiger charge is 2.40. The highest BCUT2D eigenvalue weighted by atomic mass is 32.2. The molecular weight excluding hydrogens is 292 g/mol. The van der Waals surface area contributed by atoms with Gasteiger partial charge in [0.15, 0.2) is 5.84 Å². The van der Waals surface area contributed by atoms with Crippen LogP contribution < -0.4 is 10.5 Å². The van der Waals surface area contributed by atoms with Crippen LogP contribution in [0.15, 0.2) is 5.16 Å². The van der Waals surface area contributed by atoms with Crippen LogP contribution in [0.2, 0.25) is 0 Å². The van der Waals surface area contributed by atoms with Gasteiger partial charge in [0.1, 0.15) is 0 Å². The molecule has 4 N–H and O–H groups in total. The van der Waals surface area contributed by atoms with Crippen molar-refractivity contribution in [2.45, 2.75) is 70.4 Å². The zero-order valence-electron chi connectivity index (χ0n) is 13.2. The molecule has 0 aromatic carbocycles. The summed E-state index contributed by atoms with van der Waals surface area (Å²) in [5.74, 6) is -0.0508. The predicted molar refractivity (Wildman–Crippen MR) is 83.4 cm³/mol. The maximum atomic E-state index is 12.5. The van der Waals surface area contributed by atoms with Gasteiger partial charge >= 0.3 is 0 Å². The molecule has 0 unspecified atom stereocenters. The molecule has 0 aliphatic heterocycles. The summed E-state index contributed by atoms with van der Waals surface area (Å²) in [6.07, 6.45) is 6.01. The highest BCUT2D eigenvalue weighted by Crippen LogP contribution is 2.28. The third-order valence-corrected chi connectivity index (χ3v) is 6.06. The van der Waals surface area contributed by atoms with Crippen LogP contribution in [0.4, 0.5) is 0 Å². The van der Waals surface area contributed by atoms with Gasteiger partial charge in [0.05, 0.1) is 5.54 Å². The Bertz CT molecular complexity index is 454. The summed E-state index contributed by atoms with van der Waals surface area (Å²) in [4.78, 5) is 0. The number of hydrogen-bond donors (Lipinski definition) is 3. The minimum absolute atomic E-state index is 0.0508. The first-order valence-corrected chi connectivity index (χ1v) is 8.94. The van der Waals surface area contributed by atoms with Crippen LogP contribution in [0.3, 0.4) is 0 Å². The van der Waals surface area contributed by atoms with E-state index in [1.807, 2.05) is 0 Å². The quantitative estimate of drug-likeness (QED) is 0.308. The number of nitrogens with zero attached hydrogens (tertiary/aromatic N) is 2. The molecule has 1 aliphatic carbocycles. The van der Waals surface area contributed by atoms with E-state index in [2.05, 4.69) is 9.88 Å². The van der Waals surface area contributed by atoms with Gasteiger partial charge in [0.25, 0.3) is 10.2 Å². The van der Waals surface area contributed by atoms with Crippen molar-refractivity contribution >= 4 is 16.0 Å². The van der Waals surface area contributed by atoms with Gasteiger partial charge in [-0.05, 0) is 26.7 Å². The molecule has 8 heteroatoms. The molecule has 0 bridgehead atoms. The van der Waals surface area contributed by atoms with Crippen LogP contribution in [0.25, 0.3) is 0 Å². The SMILES string of the molecule is CC(C)N(C)S(=O)(=O)NC1(C(N)=NO)CCCCCCC1. The Morgan fingerprint density at radius 2 is 1.71 bits per heavy atom. The van der Waals surface area contributed by atoms with E-state index in [1.54, 1.807) is 13.8 Å². The summed E-state index contributed by atoms with van der Waals surface area (Å²) in [7, 11) is -2.17. The molecule has 0 amide bonds. The summed E-state index contributed by atoms with van der Waals surface area (Å²) in [6, 6.07) is -0.166. The third kappa shape index (κ3) is 4.55. The van der Waals surface area contributed by atoms with Gasteiger partial charge in [-0.2, -0.15) is 17.4 Å². The number of nitrogens with two attached hydrogens (primary N) is 1. The molecule has 0 radical (unpaired) electrons. The fraction of sp³-hybridized carbons (Fsp3) is 0.923. The molecule has 0 heterocycles. The van der Waals surface area contributed by atoms with E-state index in [1.165, 1.54) is 11.4 Å². The van der Waals surface area contributed by atoms with Gasteiger partial charge in [0, 0.05) is 13.1 Å². The lowest BCUT2D eigenvalue weighted by Gasteiger charge is -2.36. The van der Waals surface area contributed by atoms with Gasteiger partial charge in [-0.25, -0.2) is 0 Å². The first kappa shape index (κ1) is 18.2. The van der Waals surface area contributed by atoms with Crippen molar-refractivity contribution in [2.75, 3.05) is 7.05 Å². The zero-order valence-corrected chi connectivity index (χ0v) is 14.0. The Morgan fingerprint density at radius 3 is 2.14 bits per heavy atom. The Morgan fingerprint density at radius 1 is 1.24 bits per heavy atom. The molecule has 0 spiro atoms. The second-order valence-electron chi connectivity index (χ2n) is 6.05. The van der Waals surface area contributed by atoms with Gasteiger partial charge < -0.3 is 10.9 Å². The second kappa shape index (κ2) is 7.42. The minimum Gasteiger partial charge on any atom is -0.409 e. The number of amidine groups is 1. The van der Waals surface area contributed by atoms with Gasteiger partial charge in [-0.15, -0.1) is 0 Å². The van der Waals surface area contributed by atoms with E-state index in [9.17, 15) is 8.42 Å². The van der Waals surface area contributed by atoms with Crippen LogP contribution in [-0.4, -0.2) is 42.4 Å². The fourth-order valence-corrected chi connectivity index (χ4v) is 4.11. The first-order valence-electron chi connectivity index (χ1n) is 7.50. The number of rotatable bonds is 5. The van der Waals surface area contributed by atoms with Gasteiger partial charge in [-0.3, -0.25) is 0 Å². The number of nitrogens with one attached hydrogen (secondary N) is 1. The molecule has 0 atom stereocenters. The monoisotopic (exact) mass is 320 g/mol. The lowest BCUT2D eigenvalue weighted by atomic mass is 9.84. The Balaban J connectivity index is 3.08. The number of oxime groups is 1. The summed E-state index contributed by atoms with van der Waals surface area (Å²) in [5.41, 5.74) is 4.85. The van der Waals surface area contributed by atoms with E-state index in [0.29, 0.717) is 12.8 Å². The molecule has 7 nitrogen and oxygen atoms in total. The molecule has 0 aromatic heterocycles. The third-order valence-electron chi connectivity index (χ3n) is 4.24. The molecule has 124 valence electrons. The lowest BCUT2D eigenvalue weighted by molar-refractivity contribution is 0.296. The molecule has 1 fully saturated rings. The largest absolute Gasteiger partial charge is 0.409 e. The molecular formula is C13H28N4O3S. The predicted octanol–water partition coefficient (Wildman–Crippen LogP) is 1.39. The topological polar surface area (TPSA) is 108 Å². The van der Waals surface area contributed by atoms with Crippen LogP contribution >= 0.6 is 0 Å². The van der Waals surface area contributed by atoms with E-state index in [4.69, 9.17) is 10.9 Å². The maximum Gasteiger partial charge on any atom is 0.280 e. The Hall–Kier alpha value is -0.860. The highest BCUT2D eigenvalue weighted by molar-refractivity contribution is 7.87. The summed E-state index contributed by atoms with van der Waals surface area (Å²) in [5, 5.41) is 12.2. The minimum atomic E-state index is -3.69. The average Bonchev–Trinajstić information content (AvgIpc) is 2.39. The second-order valence-corrected chi connectivity index (χ2v) is 7.78. The number of hydrogen-bond acceptors (Lipinski definition) is 4. The van der Waals surface area contributed by atoms with E-state index in [-0.39, 0.29) is 11.9 Å². The molecule has 0 aromatic rings.